The molecule has 0 atom stereocenters. The Kier molecular flexibility index (Phi) is 61.5. The molecule has 0 radical (unpaired) electrons. The molecule has 0 saturated heterocycles. The standard InChI is InChI=1S/CH2Cl2.2O.H4Si.Ti/c2-1-3;;;;/h1H2;;;1H4;. The van der Waals surface area contributed by atoms with Gasteiger partial charge in [0, 0.05) is 0 Å². The zero-order valence-electron chi connectivity index (χ0n) is 2.78. The third-order valence-corrected chi connectivity index (χ3v) is 0. The van der Waals surface area contributed by atoms with Gasteiger partial charge in [0.25, 0.3) is 0 Å². The summed E-state index contributed by atoms with van der Waals surface area (Å²) in [7, 11) is 0. The number of halogens is 2. The van der Waals surface area contributed by atoms with E-state index in [1.807, 2.05) is 0 Å². The molecular formula is CH6Cl2O2SiTi. The first-order valence-corrected chi connectivity index (χ1v) is 3.29. The summed E-state index contributed by atoms with van der Waals surface area (Å²) in [6, 6.07) is 0. The maximum atomic E-state index is 8.50. The molecule has 0 saturated carbocycles. The molecule has 0 bridgehead atoms. The van der Waals surface area contributed by atoms with E-state index in [4.69, 9.17) is 29.9 Å². The summed E-state index contributed by atoms with van der Waals surface area (Å²) in [5.74, 6) is 0. The topological polar surface area (TPSA) is 34.1 Å². The van der Waals surface area contributed by atoms with Crippen molar-refractivity contribution in [3.8, 4) is 0 Å². The third kappa shape index (κ3) is 150. The van der Waals surface area contributed by atoms with Crippen LogP contribution < -0.4 is 0 Å². The smallest absolute Gasteiger partial charge is 0.0149 e. The van der Waals surface area contributed by atoms with Crippen molar-refractivity contribution < 1.29 is 25.7 Å². The molecule has 0 fully saturated rings. The number of rotatable bonds is 0. The van der Waals surface area contributed by atoms with Gasteiger partial charge in [0.2, 0.25) is 0 Å². The molecule has 0 aliphatic carbocycles. The van der Waals surface area contributed by atoms with Crippen LogP contribution in [0.3, 0.4) is 0 Å². The van der Waals surface area contributed by atoms with E-state index < -0.39 is 19.1 Å². The molecular weight excluding hydrogens is 191 g/mol. The first-order chi connectivity index (χ1) is 2.83. The molecule has 2 nitrogen and oxygen atoms in total. The van der Waals surface area contributed by atoms with E-state index >= 15 is 0 Å². The Labute approximate surface area is 65.2 Å². The molecule has 0 aromatic rings. The second-order valence-corrected chi connectivity index (χ2v) is 1.25. The van der Waals surface area contributed by atoms with Gasteiger partial charge in [0.15, 0.2) is 0 Å². The Morgan fingerprint density at radius 3 is 1.29 bits per heavy atom. The summed E-state index contributed by atoms with van der Waals surface area (Å²) < 4.78 is 17.0. The molecule has 44 valence electrons. The van der Waals surface area contributed by atoms with E-state index in [0.717, 1.165) is 0 Å². The van der Waals surface area contributed by atoms with Gasteiger partial charge in [-0.2, -0.15) is 0 Å². The van der Waals surface area contributed by atoms with Crippen LogP contribution in [-0.2, 0) is 25.7 Å². The Morgan fingerprint density at radius 2 is 1.29 bits per heavy atom. The van der Waals surface area contributed by atoms with Gasteiger partial charge in [0.1, 0.15) is 0 Å². The predicted octanol–water partition coefficient (Wildman–Crippen LogP) is -0.270. The predicted molar refractivity (Wildman–Crippen MR) is 29.3 cm³/mol. The fourth-order valence-corrected chi connectivity index (χ4v) is 0. The van der Waals surface area contributed by atoms with Crippen molar-refractivity contribution in [1.82, 2.24) is 0 Å². The number of alkyl halides is 2. The molecule has 0 aromatic heterocycles. The van der Waals surface area contributed by atoms with Crippen LogP contribution in [0.5, 0.6) is 0 Å². The zero-order valence-corrected chi connectivity index (χ0v) is 5.85. The van der Waals surface area contributed by atoms with Gasteiger partial charge in [-0.25, -0.2) is 0 Å². The van der Waals surface area contributed by atoms with Crippen LogP contribution in [0.1, 0.15) is 0 Å². The molecule has 0 amide bonds. The Balaban J connectivity index is -0.0000000400. The summed E-state index contributed by atoms with van der Waals surface area (Å²) >= 11 is 7.53. The van der Waals surface area contributed by atoms with Crippen LogP contribution in [-0.4, -0.2) is 16.3 Å². The van der Waals surface area contributed by atoms with Gasteiger partial charge in [-0.3, -0.25) is 0 Å². The second-order valence-electron chi connectivity index (χ2n) is 0.184. The first kappa shape index (κ1) is 15.7. The number of hydrogen-bond donors (Lipinski definition) is 0. The Morgan fingerprint density at radius 1 is 1.29 bits per heavy atom. The number of hydrogen-bond acceptors (Lipinski definition) is 2. The summed E-state index contributed by atoms with van der Waals surface area (Å²) in [4.78, 5) is 0. The van der Waals surface area contributed by atoms with Crippen LogP contribution in [0.2, 0.25) is 0 Å². The second kappa shape index (κ2) is 27.4. The molecule has 0 aliphatic heterocycles. The molecule has 7 heavy (non-hydrogen) atoms. The fraction of sp³-hybridized carbons (Fsp3) is 1.00. The minimum Gasteiger partial charge on any atom is -0.0149 e. The fourth-order valence-electron chi connectivity index (χ4n) is 0. The average molecular weight is 197 g/mol. The molecule has 0 N–H and O–H groups in total. The van der Waals surface area contributed by atoms with E-state index in [2.05, 4.69) is 0 Å². The molecule has 0 aromatic carbocycles. The van der Waals surface area contributed by atoms with E-state index in [0.29, 0.717) is 0 Å². The SMILES string of the molecule is ClCCl.[O]=[Ti]=[O].[SiH4]. The van der Waals surface area contributed by atoms with Crippen molar-refractivity contribution in [2.45, 2.75) is 0 Å². The van der Waals surface area contributed by atoms with Gasteiger partial charge in [-0.05, 0) is 11.0 Å². The largest absolute Gasteiger partial charge is 0.0149 e. The monoisotopic (exact) mass is 196 g/mol. The Bertz CT molecular complexity index is 45.0. The van der Waals surface area contributed by atoms with Crippen molar-refractivity contribution >= 4 is 34.2 Å². The summed E-state index contributed by atoms with van der Waals surface area (Å²) in [5.41, 5.74) is 0. The van der Waals surface area contributed by atoms with E-state index in [9.17, 15) is 0 Å². The first-order valence-electron chi connectivity index (χ1n) is 0.943. The van der Waals surface area contributed by atoms with Crippen molar-refractivity contribution in [2.75, 3.05) is 5.34 Å². The molecule has 0 unspecified atom stereocenters. The summed E-state index contributed by atoms with van der Waals surface area (Å²) in [6.07, 6.45) is 0. The van der Waals surface area contributed by atoms with Gasteiger partial charge >= 0.3 is 25.7 Å². The van der Waals surface area contributed by atoms with Crippen molar-refractivity contribution in [3.05, 3.63) is 0 Å². The minimum absolute atomic E-state index is 0. The van der Waals surface area contributed by atoms with Crippen LogP contribution in [0.15, 0.2) is 0 Å². The van der Waals surface area contributed by atoms with Crippen LogP contribution in [0.4, 0.5) is 0 Å². The van der Waals surface area contributed by atoms with Crippen molar-refractivity contribution in [3.63, 3.8) is 0 Å². The van der Waals surface area contributed by atoms with Crippen molar-refractivity contribution in [2.24, 2.45) is 0 Å². The minimum atomic E-state index is -2.00. The van der Waals surface area contributed by atoms with Crippen LogP contribution in [0.25, 0.3) is 0 Å². The molecule has 6 heteroatoms. The van der Waals surface area contributed by atoms with Crippen molar-refractivity contribution in [1.29, 1.82) is 0 Å². The average Bonchev–Trinajstić information content (AvgIpc) is 1.39. The summed E-state index contributed by atoms with van der Waals surface area (Å²) in [5, 5.41) is 0.194. The summed E-state index contributed by atoms with van der Waals surface area (Å²) in [6.45, 7) is 0. The third-order valence-electron chi connectivity index (χ3n) is 0. The van der Waals surface area contributed by atoms with Gasteiger partial charge in [-0.15, -0.1) is 23.2 Å². The van der Waals surface area contributed by atoms with Gasteiger partial charge in [-0.1, -0.05) is 0 Å². The normalized spacial score (nSPS) is 3.71. The molecule has 0 aliphatic rings. The molecule has 0 spiro atoms. The van der Waals surface area contributed by atoms with Gasteiger partial charge in [0.05, 0.1) is 5.34 Å². The van der Waals surface area contributed by atoms with E-state index in [1.165, 1.54) is 0 Å². The van der Waals surface area contributed by atoms with E-state index in [-0.39, 0.29) is 16.3 Å². The zero-order chi connectivity index (χ0) is 5.41. The maximum Gasteiger partial charge on any atom is -0.0149 e. The van der Waals surface area contributed by atoms with Crippen LogP contribution in [0, 0.1) is 0 Å². The quantitative estimate of drug-likeness (QED) is 0.395. The van der Waals surface area contributed by atoms with Crippen LogP contribution >= 0.6 is 23.2 Å². The van der Waals surface area contributed by atoms with E-state index in [1.54, 1.807) is 0 Å². The Hall–Kier alpha value is 1.11. The van der Waals surface area contributed by atoms with Gasteiger partial charge < -0.3 is 0 Å². The maximum absolute atomic E-state index is 8.50. The molecule has 0 rings (SSSR count). The molecule has 0 heterocycles.